The smallest absolute Gasteiger partial charge is 0.404 e. The summed E-state index contributed by atoms with van der Waals surface area (Å²) in [6.07, 6.45) is 3.49. The van der Waals surface area contributed by atoms with Crippen molar-refractivity contribution < 1.29 is 14.6 Å². The van der Waals surface area contributed by atoms with Gasteiger partial charge in [0, 0.05) is 19.2 Å². The Morgan fingerprint density at radius 3 is 3.16 bits per heavy atom. The number of fused-ring (bicyclic) bond motifs is 1. The zero-order valence-electron chi connectivity index (χ0n) is 10.8. The minimum absolute atomic E-state index is 0.234. The number of hydrogen-bond donors (Lipinski definition) is 3. The second kappa shape index (κ2) is 6.94. The van der Waals surface area contributed by atoms with E-state index in [4.69, 9.17) is 9.84 Å². The second-order valence-electron chi connectivity index (χ2n) is 4.47. The summed E-state index contributed by atoms with van der Waals surface area (Å²) in [7, 11) is 0. The van der Waals surface area contributed by atoms with Gasteiger partial charge in [-0.1, -0.05) is 0 Å². The van der Waals surface area contributed by atoms with Crippen molar-refractivity contribution in [3.05, 3.63) is 24.0 Å². The SMILES string of the molecule is O=C(O)NCCCCNC1CCOc2cccnc21. The van der Waals surface area contributed by atoms with Crippen LogP contribution in [0.1, 0.15) is 31.0 Å². The molecule has 2 rings (SSSR count). The molecule has 19 heavy (non-hydrogen) atoms. The van der Waals surface area contributed by atoms with Crippen LogP contribution in [0.2, 0.25) is 0 Å². The lowest BCUT2D eigenvalue weighted by Gasteiger charge is -2.25. The van der Waals surface area contributed by atoms with Gasteiger partial charge < -0.3 is 20.5 Å². The van der Waals surface area contributed by atoms with Gasteiger partial charge in [-0.05, 0) is 31.5 Å². The van der Waals surface area contributed by atoms with Crippen molar-refractivity contribution in [2.24, 2.45) is 0 Å². The van der Waals surface area contributed by atoms with E-state index in [-0.39, 0.29) is 6.04 Å². The van der Waals surface area contributed by atoms with Crippen LogP contribution in [0.4, 0.5) is 4.79 Å². The summed E-state index contributed by atoms with van der Waals surface area (Å²) >= 11 is 0. The van der Waals surface area contributed by atoms with Crippen LogP contribution in [0.15, 0.2) is 18.3 Å². The molecule has 1 aliphatic rings. The molecule has 1 aromatic rings. The van der Waals surface area contributed by atoms with E-state index in [1.165, 1.54) is 0 Å². The normalized spacial score (nSPS) is 17.4. The number of nitrogens with one attached hydrogen (secondary N) is 2. The van der Waals surface area contributed by atoms with Gasteiger partial charge in [0.25, 0.3) is 0 Å². The van der Waals surface area contributed by atoms with E-state index in [2.05, 4.69) is 15.6 Å². The quantitative estimate of drug-likeness (QED) is 0.680. The van der Waals surface area contributed by atoms with E-state index < -0.39 is 6.09 Å². The highest BCUT2D eigenvalue weighted by molar-refractivity contribution is 5.64. The Balaban J connectivity index is 1.71. The van der Waals surface area contributed by atoms with Crippen molar-refractivity contribution in [1.29, 1.82) is 0 Å². The van der Waals surface area contributed by atoms with Crippen molar-refractivity contribution in [2.45, 2.75) is 25.3 Å². The Labute approximate surface area is 112 Å². The number of nitrogens with zero attached hydrogens (tertiary/aromatic N) is 1. The second-order valence-corrected chi connectivity index (χ2v) is 4.47. The molecule has 0 aliphatic carbocycles. The summed E-state index contributed by atoms with van der Waals surface area (Å²) in [6, 6.07) is 4.04. The third-order valence-corrected chi connectivity index (χ3v) is 3.06. The Morgan fingerprint density at radius 1 is 1.47 bits per heavy atom. The van der Waals surface area contributed by atoms with Gasteiger partial charge in [-0.15, -0.1) is 0 Å². The predicted molar refractivity (Wildman–Crippen MR) is 70.4 cm³/mol. The first-order chi connectivity index (χ1) is 9.27. The largest absolute Gasteiger partial charge is 0.492 e. The summed E-state index contributed by atoms with van der Waals surface area (Å²) in [5.74, 6) is 0.860. The van der Waals surface area contributed by atoms with Gasteiger partial charge in [-0.3, -0.25) is 4.98 Å². The van der Waals surface area contributed by atoms with Crippen molar-refractivity contribution in [3.63, 3.8) is 0 Å². The molecule has 0 radical (unpaired) electrons. The maximum atomic E-state index is 10.3. The van der Waals surface area contributed by atoms with Gasteiger partial charge in [-0.2, -0.15) is 0 Å². The van der Waals surface area contributed by atoms with E-state index >= 15 is 0 Å². The number of amides is 1. The monoisotopic (exact) mass is 265 g/mol. The number of carboxylic acid groups (broad SMARTS) is 1. The fourth-order valence-corrected chi connectivity index (χ4v) is 2.13. The van der Waals surface area contributed by atoms with Crippen LogP contribution in [-0.2, 0) is 0 Å². The van der Waals surface area contributed by atoms with E-state index in [0.717, 1.165) is 37.3 Å². The van der Waals surface area contributed by atoms with Crippen molar-refractivity contribution >= 4 is 6.09 Å². The fraction of sp³-hybridized carbons (Fsp3) is 0.538. The van der Waals surface area contributed by atoms with Gasteiger partial charge >= 0.3 is 6.09 Å². The third-order valence-electron chi connectivity index (χ3n) is 3.06. The van der Waals surface area contributed by atoms with Gasteiger partial charge in [-0.25, -0.2) is 4.79 Å². The van der Waals surface area contributed by atoms with Crippen molar-refractivity contribution in [1.82, 2.24) is 15.6 Å². The minimum atomic E-state index is -0.962. The molecule has 1 unspecified atom stereocenters. The summed E-state index contributed by atoms with van der Waals surface area (Å²) in [5, 5.41) is 14.2. The summed E-state index contributed by atoms with van der Waals surface area (Å²) in [5.41, 5.74) is 0.970. The molecule has 0 saturated heterocycles. The molecule has 104 valence electrons. The first kappa shape index (κ1) is 13.6. The highest BCUT2D eigenvalue weighted by Gasteiger charge is 2.21. The molecule has 1 aliphatic heterocycles. The molecule has 1 aromatic heterocycles. The topological polar surface area (TPSA) is 83.5 Å². The number of hydrogen-bond acceptors (Lipinski definition) is 4. The van der Waals surface area contributed by atoms with Gasteiger partial charge in [0.2, 0.25) is 0 Å². The lowest BCUT2D eigenvalue weighted by molar-refractivity contribution is 0.194. The molecule has 0 spiro atoms. The maximum Gasteiger partial charge on any atom is 0.404 e. The Kier molecular flexibility index (Phi) is 4.97. The van der Waals surface area contributed by atoms with Gasteiger partial charge in [0.15, 0.2) is 0 Å². The Hall–Kier alpha value is -1.82. The lowest BCUT2D eigenvalue weighted by atomic mass is 10.1. The number of aromatic nitrogens is 1. The highest BCUT2D eigenvalue weighted by atomic mass is 16.5. The molecule has 0 bridgehead atoms. The zero-order valence-corrected chi connectivity index (χ0v) is 10.8. The van der Waals surface area contributed by atoms with Gasteiger partial charge in [0.1, 0.15) is 5.75 Å². The van der Waals surface area contributed by atoms with Crippen molar-refractivity contribution in [3.8, 4) is 5.75 Å². The fourth-order valence-electron chi connectivity index (χ4n) is 2.13. The predicted octanol–water partition coefficient (Wildman–Crippen LogP) is 1.54. The van der Waals surface area contributed by atoms with E-state index in [1.807, 2.05) is 12.1 Å². The van der Waals surface area contributed by atoms with E-state index in [0.29, 0.717) is 13.2 Å². The molecular weight excluding hydrogens is 246 g/mol. The molecule has 0 fully saturated rings. The van der Waals surface area contributed by atoms with Gasteiger partial charge in [0.05, 0.1) is 18.3 Å². The summed E-state index contributed by atoms with van der Waals surface area (Å²) < 4.78 is 5.55. The van der Waals surface area contributed by atoms with E-state index in [1.54, 1.807) is 6.20 Å². The number of rotatable bonds is 6. The summed E-state index contributed by atoms with van der Waals surface area (Å²) in [4.78, 5) is 14.6. The van der Waals surface area contributed by atoms with Crippen LogP contribution < -0.4 is 15.4 Å². The third kappa shape index (κ3) is 4.10. The minimum Gasteiger partial charge on any atom is -0.492 e. The van der Waals surface area contributed by atoms with Crippen LogP contribution in [-0.4, -0.2) is 35.9 Å². The number of carbonyl (C=O) groups is 1. The molecule has 1 atom stereocenters. The number of pyridine rings is 1. The number of unbranched alkanes of at least 4 members (excludes halogenated alkanes) is 1. The zero-order chi connectivity index (χ0) is 13.5. The summed E-state index contributed by atoms with van der Waals surface area (Å²) in [6.45, 7) is 2.05. The van der Waals surface area contributed by atoms with E-state index in [9.17, 15) is 4.79 Å². The standard InChI is InChI=1S/C13H19N3O3/c17-13(18)16-7-2-1-6-14-10-5-9-19-11-4-3-8-15-12(10)11/h3-4,8,10,14,16H,1-2,5-7,9H2,(H,17,18). The molecule has 3 N–H and O–H groups in total. The molecule has 6 heteroatoms. The lowest BCUT2D eigenvalue weighted by Crippen LogP contribution is -2.29. The Morgan fingerprint density at radius 2 is 2.32 bits per heavy atom. The average Bonchev–Trinajstić information content (AvgIpc) is 2.42. The Bertz CT molecular complexity index is 425. The van der Waals surface area contributed by atoms with Crippen LogP contribution >= 0.6 is 0 Å². The van der Waals surface area contributed by atoms with Crippen LogP contribution in [0.5, 0.6) is 5.75 Å². The van der Waals surface area contributed by atoms with Crippen LogP contribution in [0, 0.1) is 0 Å². The van der Waals surface area contributed by atoms with Crippen molar-refractivity contribution in [2.75, 3.05) is 19.7 Å². The maximum absolute atomic E-state index is 10.3. The van der Waals surface area contributed by atoms with Crippen LogP contribution in [0.25, 0.3) is 0 Å². The highest BCUT2D eigenvalue weighted by Crippen LogP contribution is 2.29. The molecule has 6 nitrogen and oxygen atoms in total. The molecule has 0 saturated carbocycles. The number of ether oxygens (including phenoxy) is 1. The first-order valence-corrected chi connectivity index (χ1v) is 6.55. The van der Waals surface area contributed by atoms with Crippen LogP contribution in [0.3, 0.4) is 0 Å². The average molecular weight is 265 g/mol. The molecule has 0 aromatic carbocycles. The first-order valence-electron chi connectivity index (χ1n) is 6.55. The molecular formula is C13H19N3O3. The molecule has 1 amide bonds. The molecule has 2 heterocycles.